The van der Waals surface area contributed by atoms with Crippen LogP contribution in [0.5, 0.6) is 0 Å². The van der Waals surface area contributed by atoms with Crippen LogP contribution in [-0.2, 0) is 4.74 Å². The van der Waals surface area contributed by atoms with E-state index < -0.39 is 29.7 Å². The van der Waals surface area contributed by atoms with Gasteiger partial charge in [0.2, 0.25) is 0 Å². The Kier molecular flexibility index (Phi) is 7.37. The van der Waals surface area contributed by atoms with Gasteiger partial charge in [0.25, 0.3) is 0 Å². The van der Waals surface area contributed by atoms with E-state index in [1.54, 1.807) is 37.4 Å². The molecule has 1 aliphatic heterocycles. The largest absolute Gasteiger partial charge is 0.477 e. The first-order valence-electron chi connectivity index (χ1n) is 11.0. The minimum Gasteiger partial charge on any atom is -0.477 e. The quantitative estimate of drug-likeness (QED) is 0.453. The summed E-state index contributed by atoms with van der Waals surface area (Å²) in [6, 6.07) is 11.4. The van der Waals surface area contributed by atoms with E-state index in [0.29, 0.717) is 37.5 Å². The molecule has 11 heteroatoms. The lowest BCUT2D eigenvalue weighted by Crippen LogP contribution is -2.42. The molecule has 3 N–H and O–H groups in total. The maximum Gasteiger partial charge on any atom is 0.341 e. The number of nitrogens with one attached hydrogen (secondary N) is 2. The lowest BCUT2D eigenvalue weighted by molar-refractivity contribution is 0.0698. The van der Waals surface area contributed by atoms with Gasteiger partial charge in [0.1, 0.15) is 5.56 Å². The maximum absolute atomic E-state index is 13.9. The van der Waals surface area contributed by atoms with Crippen molar-refractivity contribution < 1.29 is 28.2 Å². The number of carboxylic acids is 1. The lowest BCUT2D eigenvalue weighted by Gasteiger charge is -2.21. The second kappa shape index (κ2) is 10.6. The summed E-state index contributed by atoms with van der Waals surface area (Å²) in [7, 11) is 1.59. The lowest BCUT2D eigenvalue weighted by atomic mass is 9.94. The molecule has 0 unspecified atom stereocenters. The Morgan fingerprint density at radius 1 is 1.14 bits per heavy atom. The Labute approximate surface area is 200 Å². The van der Waals surface area contributed by atoms with Crippen molar-refractivity contribution in [3.8, 4) is 5.69 Å². The van der Waals surface area contributed by atoms with Crippen molar-refractivity contribution >= 4 is 17.8 Å². The Morgan fingerprint density at radius 3 is 2.60 bits per heavy atom. The predicted octanol–water partition coefficient (Wildman–Crippen LogP) is 3.08. The third-order valence-corrected chi connectivity index (χ3v) is 5.93. The van der Waals surface area contributed by atoms with Gasteiger partial charge in [-0.2, -0.15) is 5.10 Å². The summed E-state index contributed by atoms with van der Waals surface area (Å²) in [5, 5.41) is 19.2. The van der Waals surface area contributed by atoms with E-state index in [-0.39, 0.29) is 17.3 Å². The molecule has 3 aromatic rings. The zero-order valence-electron chi connectivity index (χ0n) is 18.9. The van der Waals surface area contributed by atoms with Gasteiger partial charge >= 0.3 is 12.0 Å². The number of aromatic carboxylic acids is 1. The first kappa shape index (κ1) is 24.3. The van der Waals surface area contributed by atoms with E-state index in [1.807, 2.05) is 0 Å². The van der Waals surface area contributed by atoms with Crippen LogP contribution < -0.4 is 10.6 Å². The number of likely N-dealkylation sites (tertiary alicyclic amines) is 1. The number of rotatable bonds is 8. The molecule has 35 heavy (non-hydrogen) atoms. The van der Waals surface area contributed by atoms with Gasteiger partial charge in [-0.3, -0.25) is 10.2 Å². The standard InChI is InChI=1S/C24H25F2N5O4/c1-35-10-9-30-13-18(15-7-8-19(25)20(26)11-15)21(14-30)28-24(34)29-22-17(23(32)33)12-27-31(22)16-5-3-2-4-6-16/h2-8,11-12,18,21H,9-10,13-14H2,1H3,(H,32,33)(H2,28,29,34)/t18-,21+/m0/s1. The third-order valence-electron chi connectivity index (χ3n) is 5.93. The van der Waals surface area contributed by atoms with Crippen molar-refractivity contribution in [1.29, 1.82) is 0 Å². The van der Waals surface area contributed by atoms with Gasteiger partial charge in [-0.1, -0.05) is 24.3 Å². The van der Waals surface area contributed by atoms with E-state index >= 15 is 0 Å². The van der Waals surface area contributed by atoms with E-state index in [2.05, 4.69) is 20.6 Å². The fraction of sp³-hybridized carbons (Fsp3) is 0.292. The molecule has 2 amide bonds. The van der Waals surface area contributed by atoms with Crippen LogP contribution in [0.15, 0.2) is 54.7 Å². The molecule has 0 radical (unpaired) electrons. The first-order valence-corrected chi connectivity index (χ1v) is 11.0. The average molecular weight is 485 g/mol. The molecule has 0 saturated carbocycles. The fourth-order valence-electron chi connectivity index (χ4n) is 4.22. The number of ether oxygens (including phenoxy) is 1. The number of urea groups is 1. The number of halogens is 2. The summed E-state index contributed by atoms with van der Waals surface area (Å²) in [6.45, 7) is 2.02. The Balaban J connectivity index is 1.56. The monoisotopic (exact) mass is 485 g/mol. The number of carbonyl (C=O) groups excluding carboxylic acids is 1. The number of amides is 2. The summed E-state index contributed by atoms with van der Waals surface area (Å²) in [5.74, 6) is -3.46. The normalized spacial score (nSPS) is 17.9. The van der Waals surface area contributed by atoms with Crippen LogP contribution in [0.3, 0.4) is 0 Å². The number of para-hydroxylation sites is 1. The third kappa shape index (κ3) is 5.47. The first-order chi connectivity index (χ1) is 16.9. The number of hydrogen-bond acceptors (Lipinski definition) is 5. The van der Waals surface area contributed by atoms with Crippen LogP contribution in [0.4, 0.5) is 19.4 Å². The fourth-order valence-corrected chi connectivity index (χ4v) is 4.22. The zero-order chi connectivity index (χ0) is 24.9. The summed E-state index contributed by atoms with van der Waals surface area (Å²) in [4.78, 5) is 26.8. The molecule has 4 rings (SSSR count). The number of aromatic nitrogens is 2. The molecule has 1 fully saturated rings. The number of carbonyl (C=O) groups is 2. The molecule has 0 spiro atoms. The summed E-state index contributed by atoms with van der Waals surface area (Å²) >= 11 is 0. The SMILES string of the molecule is COCCN1C[C@@H](NC(=O)Nc2c(C(=O)O)cnn2-c2ccccc2)[C@H](c2ccc(F)c(F)c2)C1. The van der Waals surface area contributed by atoms with Crippen molar-refractivity contribution in [2.75, 3.05) is 38.7 Å². The second-order valence-electron chi connectivity index (χ2n) is 8.20. The summed E-state index contributed by atoms with van der Waals surface area (Å²) < 4.78 is 33.9. The van der Waals surface area contributed by atoms with Gasteiger partial charge in [0.15, 0.2) is 17.5 Å². The molecular weight excluding hydrogens is 460 g/mol. The van der Waals surface area contributed by atoms with E-state index in [0.717, 1.165) is 18.3 Å². The van der Waals surface area contributed by atoms with Crippen molar-refractivity contribution in [1.82, 2.24) is 20.0 Å². The average Bonchev–Trinajstić information content (AvgIpc) is 3.44. The number of anilines is 1. The number of carboxylic acid groups (broad SMARTS) is 1. The molecule has 0 bridgehead atoms. The highest BCUT2D eigenvalue weighted by atomic mass is 19.2. The van der Waals surface area contributed by atoms with Crippen molar-refractivity contribution in [2.45, 2.75) is 12.0 Å². The number of hydrogen-bond donors (Lipinski definition) is 3. The van der Waals surface area contributed by atoms with E-state index in [4.69, 9.17) is 4.74 Å². The molecule has 2 aromatic carbocycles. The van der Waals surface area contributed by atoms with Crippen LogP contribution in [-0.4, -0.2) is 71.2 Å². The van der Waals surface area contributed by atoms with Gasteiger partial charge in [0.05, 0.1) is 24.5 Å². The smallest absolute Gasteiger partial charge is 0.341 e. The van der Waals surface area contributed by atoms with Crippen LogP contribution in [0.2, 0.25) is 0 Å². The van der Waals surface area contributed by atoms with Crippen LogP contribution in [0, 0.1) is 11.6 Å². The molecule has 0 aliphatic carbocycles. The minimum atomic E-state index is -1.24. The van der Waals surface area contributed by atoms with Crippen molar-refractivity contribution in [3.05, 3.63) is 77.5 Å². The summed E-state index contributed by atoms with van der Waals surface area (Å²) in [6.07, 6.45) is 1.16. The maximum atomic E-state index is 13.9. The molecule has 2 heterocycles. The second-order valence-corrected chi connectivity index (χ2v) is 8.20. The molecular formula is C24H25F2N5O4. The molecule has 184 valence electrons. The van der Waals surface area contributed by atoms with Crippen molar-refractivity contribution in [3.63, 3.8) is 0 Å². The van der Waals surface area contributed by atoms with Gasteiger partial charge in [0, 0.05) is 32.7 Å². The Hall–Kier alpha value is -3.83. The Bertz CT molecular complexity index is 1200. The molecule has 1 aliphatic rings. The van der Waals surface area contributed by atoms with Crippen LogP contribution in [0.25, 0.3) is 5.69 Å². The van der Waals surface area contributed by atoms with E-state index in [1.165, 1.54) is 10.7 Å². The minimum absolute atomic E-state index is 0.000173. The van der Waals surface area contributed by atoms with Gasteiger partial charge in [-0.15, -0.1) is 0 Å². The topological polar surface area (TPSA) is 109 Å². The number of benzene rings is 2. The number of nitrogens with zero attached hydrogens (tertiary/aromatic N) is 3. The van der Waals surface area contributed by atoms with Gasteiger partial charge < -0.3 is 15.2 Å². The van der Waals surface area contributed by atoms with Crippen LogP contribution >= 0.6 is 0 Å². The summed E-state index contributed by atoms with van der Waals surface area (Å²) in [5.41, 5.74) is 0.950. The van der Waals surface area contributed by atoms with E-state index in [9.17, 15) is 23.5 Å². The van der Waals surface area contributed by atoms with Gasteiger partial charge in [-0.05, 0) is 29.8 Å². The molecule has 1 saturated heterocycles. The highest BCUT2D eigenvalue weighted by Crippen LogP contribution is 2.29. The molecule has 2 atom stereocenters. The molecule has 1 aromatic heterocycles. The van der Waals surface area contributed by atoms with Gasteiger partial charge in [-0.25, -0.2) is 23.1 Å². The van der Waals surface area contributed by atoms with Crippen LogP contribution in [0.1, 0.15) is 21.8 Å². The zero-order valence-corrected chi connectivity index (χ0v) is 18.9. The van der Waals surface area contributed by atoms with Crippen molar-refractivity contribution in [2.24, 2.45) is 0 Å². The molecule has 9 nitrogen and oxygen atoms in total. The number of methoxy groups -OCH3 is 1. The highest BCUT2D eigenvalue weighted by molar-refractivity contribution is 5.99. The highest BCUT2D eigenvalue weighted by Gasteiger charge is 2.35. The predicted molar refractivity (Wildman–Crippen MR) is 124 cm³/mol. The Morgan fingerprint density at radius 2 is 1.91 bits per heavy atom.